The Morgan fingerprint density at radius 1 is 1.19 bits per heavy atom. The van der Waals surface area contributed by atoms with E-state index in [0.717, 1.165) is 24.1 Å². The predicted octanol–water partition coefficient (Wildman–Crippen LogP) is 4.24. The molecule has 2 unspecified atom stereocenters. The van der Waals surface area contributed by atoms with Crippen LogP contribution in [0.3, 0.4) is 0 Å². The maximum atomic E-state index is 11.6. The highest BCUT2D eigenvalue weighted by molar-refractivity contribution is 6.30. The minimum atomic E-state index is -0.740. The van der Waals surface area contributed by atoms with Crippen molar-refractivity contribution in [1.82, 2.24) is 4.90 Å². The van der Waals surface area contributed by atoms with Crippen LogP contribution in [0.15, 0.2) is 42.5 Å². The van der Waals surface area contributed by atoms with Crippen molar-refractivity contribution in [3.8, 4) is 11.5 Å². The number of piperidine rings is 1. The first-order valence-electron chi connectivity index (χ1n) is 8.97. The number of rotatable bonds is 6. The topological polar surface area (TPSA) is 59.0 Å². The highest BCUT2D eigenvalue weighted by Crippen LogP contribution is 2.39. The van der Waals surface area contributed by atoms with Gasteiger partial charge in [0.15, 0.2) is 0 Å². The van der Waals surface area contributed by atoms with Gasteiger partial charge in [-0.25, -0.2) is 0 Å². The van der Waals surface area contributed by atoms with E-state index in [2.05, 4.69) is 4.90 Å². The minimum absolute atomic E-state index is 0.120. The summed E-state index contributed by atoms with van der Waals surface area (Å²) in [6.07, 6.45) is 1.55. The van der Waals surface area contributed by atoms with Crippen molar-refractivity contribution in [2.45, 2.75) is 18.9 Å². The highest BCUT2D eigenvalue weighted by Gasteiger charge is 2.32. The van der Waals surface area contributed by atoms with E-state index in [1.165, 1.54) is 0 Å². The third kappa shape index (κ3) is 4.37. The van der Waals surface area contributed by atoms with E-state index in [9.17, 15) is 9.90 Å². The van der Waals surface area contributed by atoms with Gasteiger partial charge < -0.3 is 14.6 Å². The van der Waals surface area contributed by atoms with E-state index >= 15 is 0 Å². The lowest BCUT2D eigenvalue weighted by molar-refractivity contribution is -0.143. The van der Waals surface area contributed by atoms with Crippen LogP contribution in [0.4, 0.5) is 0 Å². The monoisotopic (exact) mass is 389 g/mol. The van der Waals surface area contributed by atoms with Crippen molar-refractivity contribution in [3.63, 3.8) is 0 Å². The molecule has 1 saturated heterocycles. The molecule has 1 aliphatic rings. The van der Waals surface area contributed by atoms with Crippen molar-refractivity contribution in [3.05, 3.63) is 58.6 Å². The molecule has 0 bridgehead atoms. The van der Waals surface area contributed by atoms with Gasteiger partial charge in [-0.2, -0.15) is 0 Å². The molecule has 0 spiro atoms. The van der Waals surface area contributed by atoms with Crippen LogP contribution in [-0.2, 0) is 4.79 Å². The number of halogens is 1. The number of nitrogens with zero attached hydrogens (tertiary/aromatic N) is 1. The summed E-state index contributed by atoms with van der Waals surface area (Å²) in [6.45, 7) is 1.32. The molecular formula is C21H24ClNO4. The number of likely N-dealkylation sites (tertiary alicyclic amines) is 1. The number of hydrogen-bond donors (Lipinski definition) is 1. The van der Waals surface area contributed by atoms with Crippen LogP contribution in [0.1, 0.15) is 30.0 Å². The molecule has 0 saturated carbocycles. The Morgan fingerprint density at radius 2 is 1.93 bits per heavy atom. The summed E-state index contributed by atoms with van der Waals surface area (Å²) in [6, 6.07) is 13.3. The minimum Gasteiger partial charge on any atom is -0.497 e. The maximum Gasteiger partial charge on any atom is 0.307 e. The molecule has 3 rings (SSSR count). The Hall–Kier alpha value is -2.24. The number of carboxylic acid groups (broad SMARTS) is 1. The Kier molecular flexibility index (Phi) is 6.24. The normalized spacial score (nSPS) is 18.7. The quantitative estimate of drug-likeness (QED) is 0.800. The molecule has 2 aromatic rings. The van der Waals surface area contributed by atoms with Gasteiger partial charge in [0.2, 0.25) is 0 Å². The van der Waals surface area contributed by atoms with E-state index in [4.69, 9.17) is 21.1 Å². The van der Waals surface area contributed by atoms with Crippen LogP contribution >= 0.6 is 11.6 Å². The first-order chi connectivity index (χ1) is 13.0. The molecule has 144 valence electrons. The molecule has 5 nitrogen and oxygen atoms in total. The molecule has 0 radical (unpaired) electrons. The fraction of sp³-hybridized carbons (Fsp3) is 0.381. The van der Waals surface area contributed by atoms with Gasteiger partial charge in [0.05, 0.1) is 26.2 Å². The van der Waals surface area contributed by atoms with E-state index in [0.29, 0.717) is 29.5 Å². The van der Waals surface area contributed by atoms with Crippen LogP contribution in [0.25, 0.3) is 0 Å². The second-order valence-electron chi connectivity index (χ2n) is 6.73. The average molecular weight is 390 g/mol. The zero-order chi connectivity index (χ0) is 19.4. The number of aliphatic carboxylic acids is 1. The van der Waals surface area contributed by atoms with Gasteiger partial charge >= 0.3 is 5.97 Å². The van der Waals surface area contributed by atoms with Gasteiger partial charge in [0, 0.05) is 23.2 Å². The molecule has 1 aliphatic heterocycles. The molecule has 1 N–H and O–H groups in total. The van der Waals surface area contributed by atoms with Crippen molar-refractivity contribution < 1.29 is 19.4 Å². The summed E-state index contributed by atoms with van der Waals surface area (Å²) >= 11 is 6.08. The number of methoxy groups -OCH3 is 2. The lowest BCUT2D eigenvalue weighted by Crippen LogP contribution is -2.41. The third-order valence-corrected chi connectivity index (χ3v) is 5.34. The largest absolute Gasteiger partial charge is 0.497 e. The Labute approximate surface area is 164 Å². The third-order valence-electron chi connectivity index (χ3n) is 5.09. The lowest BCUT2D eigenvalue weighted by atomic mass is 9.91. The van der Waals surface area contributed by atoms with Crippen molar-refractivity contribution in [2.24, 2.45) is 5.92 Å². The predicted molar refractivity (Wildman–Crippen MR) is 105 cm³/mol. The van der Waals surface area contributed by atoms with Crippen LogP contribution in [0.2, 0.25) is 5.02 Å². The zero-order valence-electron chi connectivity index (χ0n) is 15.5. The molecule has 0 aliphatic carbocycles. The summed E-state index contributed by atoms with van der Waals surface area (Å²) < 4.78 is 10.9. The molecule has 2 aromatic carbocycles. The lowest BCUT2D eigenvalue weighted by Gasteiger charge is -2.38. The van der Waals surface area contributed by atoms with Crippen molar-refractivity contribution in [1.29, 1.82) is 0 Å². The first-order valence-corrected chi connectivity index (χ1v) is 9.35. The summed E-state index contributed by atoms with van der Waals surface area (Å²) in [4.78, 5) is 13.8. The first kappa shape index (κ1) is 19.5. The fourth-order valence-electron chi connectivity index (χ4n) is 3.72. The van der Waals surface area contributed by atoms with Crippen molar-refractivity contribution >= 4 is 17.6 Å². The van der Waals surface area contributed by atoms with Crippen LogP contribution in [-0.4, -0.2) is 43.3 Å². The van der Waals surface area contributed by atoms with E-state index in [-0.39, 0.29) is 12.0 Å². The van der Waals surface area contributed by atoms with Crippen LogP contribution in [0.5, 0.6) is 11.5 Å². The summed E-state index contributed by atoms with van der Waals surface area (Å²) in [7, 11) is 3.25. The number of hydrogen-bond acceptors (Lipinski definition) is 4. The Balaban J connectivity index is 2.05. The van der Waals surface area contributed by atoms with Crippen LogP contribution in [0, 0.1) is 5.92 Å². The van der Waals surface area contributed by atoms with Gasteiger partial charge in [0.1, 0.15) is 11.5 Å². The Bertz CT molecular complexity index is 793. The summed E-state index contributed by atoms with van der Waals surface area (Å²) in [5, 5.41) is 10.2. The summed E-state index contributed by atoms with van der Waals surface area (Å²) in [5.74, 6) is 0.327. The molecule has 0 aromatic heterocycles. The van der Waals surface area contributed by atoms with Gasteiger partial charge in [-0.1, -0.05) is 23.7 Å². The number of benzene rings is 2. The fourth-order valence-corrected chi connectivity index (χ4v) is 3.84. The maximum absolute atomic E-state index is 11.6. The number of ether oxygens (including phenoxy) is 2. The van der Waals surface area contributed by atoms with Gasteiger partial charge in [-0.05, 0) is 49.2 Å². The summed E-state index contributed by atoms with van der Waals surface area (Å²) in [5.41, 5.74) is 2.03. The molecule has 27 heavy (non-hydrogen) atoms. The van der Waals surface area contributed by atoms with Gasteiger partial charge in [-0.3, -0.25) is 9.69 Å². The standard InChI is InChI=1S/C21H24ClNO4/c1-26-17-9-10-18(19(12-17)27-2)20(14-5-7-16(22)8-6-14)23-11-3-4-15(13-23)21(24)25/h5-10,12,15,20H,3-4,11,13H2,1-2H3,(H,24,25). The zero-order valence-corrected chi connectivity index (χ0v) is 16.3. The van der Waals surface area contributed by atoms with E-state index < -0.39 is 5.97 Å². The number of carbonyl (C=O) groups is 1. The second kappa shape index (κ2) is 8.63. The van der Waals surface area contributed by atoms with Gasteiger partial charge in [0.25, 0.3) is 0 Å². The van der Waals surface area contributed by atoms with Crippen molar-refractivity contribution in [2.75, 3.05) is 27.3 Å². The van der Waals surface area contributed by atoms with Crippen LogP contribution < -0.4 is 9.47 Å². The second-order valence-corrected chi connectivity index (χ2v) is 7.17. The molecule has 1 fully saturated rings. The molecule has 1 heterocycles. The molecule has 0 amide bonds. The molecular weight excluding hydrogens is 366 g/mol. The highest BCUT2D eigenvalue weighted by atomic mass is 35.5. The molecule has 6 heteroatoms. The van der Waals surface area contributed by atoms with E-state index in [1.807, 2.05) is 42.5 Å². The number of carboxylic acids is 1. The smallest absolute Gasteiger partial charge is 0.307 e. The van der Waals surface area contributed by atoms with Gasteiger partial charge in [-0.15, -0.1) is 0 Å². The Morgan fingerprint density at radius 3 is 2.56 bits per heavy atom. The average Bonchev–Trinajstić information content (AvgIpc) is 2.70. The SMILES string of the molecule is COc1ccc(C(c2ccc(Cl)cc2)N2CCCC(C(=O)O)C2)c(OC)c1. The van der Waals surface area contributed by atoms with E-state index in [1.54, 1.807) is 14.2 Å². The molecule has 2 atom stereocenters.